The van der Waals surface area contributed by atoms with Crippen LogP contribution in [0.4, 0.5) is 4.79 Å². The molecule has 3 rings (SSSR count). The van der Waals surface area contributed by atoms with Crippen molar-refractivity contribution in [2.75, 3.05) is 7.11 Å². The van der Waals surface area contributed by atoms with E-state index in [4.69, 9.17) is 4.74 Å². The molecule has 2 bridgehead atoms. The van der Waals surface area contributed by atoms with Gasteiger partial charge in [-0.05, 0) is 0 Å². The van der Waals surface area contributed by atoms with Crippen molar-refractivity contribution in [1.29, 1.82) is 0 Å². The first-order chi connectivity index (χ1) is 5.66. The molecule has 5 heteroatoms. The van der Waals surface area contributed by atoms with Gasteiger partial charge in [0.05, 0.1) is 7.11 Å². The molecule has 0 unspecified atom stereocenters. The van der Waals surface area contributed by atoms with E-state index >= 15 is 0 Å². The van der Waals surface area contributed by atoms with Crippen LogP contribution in [0.1, 0.15) is 12.8 Å². The number of rotatable bonds is 1. The van der Waals surface area contributed by atoms with Gasteiger partial charge in [0.2, 0.25) is 5.60 Å². The molecule has 2 heterocycles. The van der Waals surface area contributed by atoms with Crippen molar-refractivity contribution in [3.8, 4) is 0 Å². The Labute approximate surface area is 69.0 Å². The smallest absolute Gasteiger partial charge is 0.408 e. The van der Waals surface area contributed by atoms with Crippen molar-refractivity contribution in [2.24, 2.45) is 0 Å². The van der Waals surface area contributed by atoms with Crippen LogP contribution >= 0.6 is 0 Å². The van der Waals surface area contributed by atoms with Gasteiger partial charge >= 0.3 is 12.1 Å². The Hall–Kier alpha value is -1.26. The largest absolute Gasteiger partial charge is 0.466 e. The molecule has 2 saturated heterocycles. The molecule has 1 aliphatic carbocycles. The first-order valence-corrected chi connectivity index (χ1v) is 3.74. The standard InChI is InChI=1S/C7H9NO4/c1-11-5(9)7-2-4(3-7)8-6(10)12-7/h4H,2-3H2,1H3,(H,8,10). The van der Waals surface area contributed by atoms with E-state index < -0.39 is 17.7 Å². The van der Waals surface area contributed by atoms with Crippen LogP contribution in [-0.4, -0.2) is 30.8 Å². The summed E-state index contributed by atoms with van der Waals surface area (Å²) in [6.07, 6.45) is 0.541. The number of fused-ring (bicyclic) bond motifs is 2. The highest BCUT2D eigenvalue weighted by atomic mass is 16.6. The topological polar surface area (TPSA) is 64.6 Å². The highest BCUT2D eigenvalue weighted by Crippen LogP contribution is 2.40. The summed E-state index contributed by atoms with van der Waals surface area (Å²) in [6, 6.07) is 0.0883. The summed E-state index contributed by atoms with van der Waals surface area (Å²) in [4.78, 5) is 21.9. The van der Waals surface area contributed by atoms with Crippen molar-refractivity contribution < 1.29 is 19.1 Å². The second-order valence-electron chi connectivity index (χ2n) is 3.12. The van der Waals surface area contributed by atoms with Crippen molar-refractivity contribution in [1.82, 2.24) is 5.32 Å². The molecule has 5 nitrogen and oxygen atoms in total. The Morgan fingerprint density at radius 1 is 1.75 bits per heavy atom. The summed E-state index contributed by atoms with van der Waals surface area (Å²) < 4.78 is 9.40. The summed E-state index contributed by atoms with van der Waals surface area (Å²) in [6.45, 7) is 0. The lowest BCUT2D eigenvalue weighted by atomic mass is 9.74. The molecule has 12 heavy (non-hydrogen) atoms. The summed E-state index contributed by atoms with van der Waals surface area (Å²) >= 11 is 0. The number of hydrogen-bond donors (Lipinski definition) is 1. The van der Waals surface area contributed by atoms with E-state index in [0.717, 1.165) is 0 Å². The first-order valence-electron chi connectivity index (χ1n) is 3.74. The van der Waals surface area contributed by atoms with Crippen LogP contribution in [0.25, 0.3) is 0 Å². The Bertz CT molecular complexity index is 244. The highest BCUT2D eigenvalue weighted by molar-refractivity contribution is 5.86. The fourth-order valence-electron chi connectivity index (χ4n) is 1.69. The van der Waals surface area contributed by atoms with Crippen LogP contribution in [0.2, 0.25) is 0 Å². The second-order valence-corrected chi connectivity index (χ2v) is 3.12. The Morgan fingerprint density at radius 2 is 2.42 bits per heavy atom. The van der Waals surface area contributed by atoms with Crippen molar-refractivity contribution in [2.45, 2.75) is 24.5 Å². The molecule has 0 aromatic heterocycles. The zero-order valence-electron chi connectivity index (χ0n) is 6.62. The van der Waals surface area contributed by atoms with Gasteiger partial charge in [-0.15, -0.1) is 0 Å². The molecular weight excluding hydrogens is 162 g/mol. The Kier molecular flexibility index (Phi) is 1.31. The monoisotopic (exact) mass is 171 g/mol. The van der Waals surface area contributed by atoms with E-state index in [2.05, 4.69) is 10.1 Å². The molecule has 0 aromatic carbocycles. The summed E-state index contributed by atoms with van der Waals surface area (Å²) in [5.41, 5.74) is -0.970. The maximum absolute atomic E-state index is 11.1. The lowest BCUT2D eigenvalue weighted by molar-refractivity contribution is -0.181. The van der Waals surface area contributed by atoms with Gasteiger partial charge in [-0.2, -0.15) is 0 Å². The first kappa shape index (κ1) is 7.39. The van der Waals surface area contributed by atoms with Crippen LogP contribution in [0.3, 0.4) is 0 Å². The van der Waals surface area contributed by atoms with Crippen molar-refractivity contribution in [3.05, 3.63) is 0 Å². The number of ether oxygens (including phenoxy) is 2. The Morgan fingerprint density at radius 3 is 2.92 bits per heavy atom. The van der Waals surface area contributed by atoms with Crippen LogP contribution in [-0.2, 0) is 14.3 Å². The molecule has 3 fully saturated rings. The van der Waals surface area contributed by atoms with Gasteiger partial charge in [0, 0.05) is 18.9 Å². The van der Waals surface area contributed by atoms with Crippen molar-refractivity contribution >= 4 is 12.1 Å². The van der Waals surface area contributed by atoms with Crippen LogP contribution < -0.4 is 5.32 Å². The summed E-state index contributed by atoms with van der Waals surface area (Å²) in [5.74, 6) is -0.450. The maximum atomic E-state index is 11.1. The molecule has 66 valence electrons. The predicted molar refractivity (Wildman–Crippen MR) is 37.4 cm³/mol. The minimum atomic E-state index is -0.970. The van der Waals surface area contributed by atoms with Gasteiger partial charge in [0.15, 0.2) is 0 Å². The van der Waals surface area contributed by atoms with E-state index in [1.54, 1.807) is 0 Å². The molecule has 3 aliphatic rings. The van der Waals surface area contributed by atoms with E-state index in [9.17, 15) is 9.59 Å². The van der Waals surface area contributed by atoms with Gasteiger partial charge in [0.25, 0.3) is 0 Å². The van der Waals surface area contributed by atoms with E-state index in [1.165, 1.54) is 7.11 Å². The predicted octanol–water partition coefficient (Wildman–Crippen LogP) is -0.200. The molecule has 1 amide bonds. The fourth-order valence-corrected chi connectivity index (χ4v) is 1.69. The maximum Gasteiger partial charge on any atom is 0.408 e. The highest BCUT2D eigenvalue weighted by Gasteiger charge is 2.58. The van der Waals surface area contributed by atoms with Crippen LogP contribution in [0, 0.1) is 0 Å². The third-order valence-electron chi connectivity index (χ3n) is 2.32. The second kappa shape index (κ2) is 2.12. The number of methoxy groups -OCH3 is 1. The molecule has 1 saturated carbocycles. The summed E-state index contributed by atoms with van der Waals surface area (Å²) in [7, 11) is 1.29. The lowest BCUT2D eigenvalue weighted by Gasteiger charge is -2.48. The average Bonchev–Trinajstić information content (AvgIpc) is 2.00. The molecule has 0 spiro atoms. The van der Waals surface area contributed by atoms with Gasteiger partial charge in [-0.3, -0.25) is 0 Å². The number of carbonyl (C=O) groups excluding carboxylic acids is 2. The third-order valence-corrected chi connectivity index (χ3v) is 2.32. The zero-order valence-corrected chi connectivity index (χ0v) is 6.62. The minimum Gasteiger partial charge on any atom is -0.466 e. The molecular formula is C7H9NO4. The number of carbonyl (C=O) groups is 2. The molecule has 0 atom stereocenters. The van der Waals surface area contributed by atoms with E-state index in [0.29, 0.717) is 12.8 Å². The normalized spacial score (nSPS) is 37.4. The average molecular weight is 171 g/mol. The van der Waals surface area contributed by atoms with E-state index in [-0.39, 0.29) is 6.04 Å². The molecule has 0 radical (unpaired) electrons. The number of hydrogen-bond acceptors (Lipinski definition) is 4. The SMILES string of the molecule is COC(=O)C12CC(C1)NC(=O)O2. The molecule has 2 aliphatic heterocycles. The molecule has 1 N–H and O–H groups in total. The van der Waals surface area contributed by atoms with Gasteiger partial charge in [-0.25, -0.2) is 9.59 Å². The lowest BCUT2D eigenvalue weighted by Crippen LogP contribution is -2.67. The quantitative estimate of drug-likeness (QED) is 0.555. The van der Waals surface area contributed by atoms with Crippen LogP contribution in [0.5, 0.6) is 0 Å². The van der Waals surface area contributed by atoms with E-state index in [1.807, 2.05) is 0 Å². The Balaban J connectivity index is 2.13. The van der Waals surface area contributed by atoms with Gasteiger partial charge < -0.3 is 14.8 Å². The number of nitrogens with one attached hydrogen (secondary N) is 1. The number of alkyl carbamates (subject to hydrolysis) is 1. The minimum absolute atomic E-state index is 0.0883. The fraction of sp³-hybridized carbons (Fsp3) is 0.714. The van der Waals surface area contributed by atoms with Crippen molar-refractivity contribution in [3.63, 3.8) is 0 Å². The van der Waals surface area contributed by atoms with Crippen LogP contribution in [0.15, 0.2) is 0 Å². The summed E-state index contributed by atoms with van der Waals surface area (Å²) in [5, 5.41) is 2.58. The van der Waals surface area contributed by atoms with Gasteiger partial charge in [-0.1, -0.05) is 0 Å². The number of amides is 1. The molecule has 0 aromatic rings. The third kappa shape index (κ3) is 0.790. The number of esters is 1. The zero-order chi connectivity index (χ0) is 8.77. The van der Waals surface area contributed by atoms with Gasteiger partial charge in [0.1, 0.15) is 0 Å².